The molecule has 0 spiro atoms. The molecule has 3 rings (SSSR count). The van der Waals surface area contributed by atoms with Crippen molar-refractivity contribution in [3.63, 3.8) is 0 Å². The van der Waals surface area contributed by atoms with E-state index < -0.39 is 52.0 Å². The molecule has 0 unspecified atom stereocenters. The number of rotatable bonds is 6. The average molecular weight is 531 g/mol. The first-order chi connectivity index (χ1) is 16.7. The van der Waals surface area contributed by atoms with E-state index in [0.29, 0.717) is 5.06 Å². The van der Waals surface area contributed by atoms with Crippen LogP contribution in [-0.2, 0) is 24.3 Å². The molecule has 0 aliphatic carbocycles. The Bertz CT molecular complexity index is 1020. The van der Waals surface area contributed by atoms with Gasteiger partial charge in [0.25, 0.3) is 5.91 Å². The minimum atomic E-state index is -4.90. The second kappa shape index (κ2) is 12.0. The Balaban J connectivity index is 0.000000662. The first-order valence-corrected chi connectivity index (χ1v) is 12.3. The summed E-state index contributed by atoms with van der Waals surface area (Å²) in [4.78, 5) is 52.7. The van der Waals surface area contributed by atoms with Crippen LogP contribution in [0.5, 0.6) is 0 Å². The highest BCUT2D eigenvalue weighted by Crippen LogP contribution is 2.30. The van der Waals surface area contributed by atoms with Crippen molar-refractivity contribution in [3.8, 4) is 0 Å². The summed E-state index contributed by atoms with van der Waals surface area (Å²) in [6, 6.07) is 3.32. The van der Waals surface area contributed by atoms with E-state index in [1.165, 1.54) is 0 Å². The Kier molecular flexibility index (Phi) is 9.55. The molecule has 1 aromatic heterocycles. The van der Waals surface area contributed by atoms with Crippen molar-refractivity contribution in [2.75, 3.05) is 13.1 Å². The fraction of sp³-hybridized carbons (Fsp3) is 0.550. The summed E-state index contributed by atoms with van der Waals surface area (Å²) in [5.41, 5.74) is 3.55. The Labute approximate surface area is 208 Å². The van der Waals surface area contributed by atoms with Crippen LogP contribution in [0.15, 0.2) is 30.6 Å². The normalized spacial score (nSPS) is 19.2. The lowest BCUT2D eigenvalue weighted by molar-refractivity contribution is -0.378. The highest BCUT2D eigenvalue weighted by atomic mass is 32.3. The fourth-order valence-corrected chi connectivity index (χ4v) is 4.03. The third-order valence-electron chi connectivity index (χ3n) is 5.32. The van der Waals surface area contributed by atoms with Crippen molar-refractivity contribution < 1.29 is 46.5 Å². The molecule has 0 radical (unpaired) electrons. The van der Waals surface area contributed by atoms with Gasteiger partial charge in [-0.2, -0.15) is 13.5 Å². The monoisotopic (exact) mass is 530 g/mol. The number of hydrogen-bond acceptors (Lipinski definition) is 8. The molecule has 2 saturated heterocycles. The van der Waals surface area contributed by atoms with Gasteiger partial charge in [0, 0.05) is 37.2 Å². The third-order valence-corrected chi connectivity index (χ3v) is 5.67. The van der Waals surface area contributed by atoms with E-state index in [9.17, 15) is 32.7 Å². The molecule has 0 saturated carbocycles. The Morgan fingerprint density at radius 3 is 2.31 bits per heavy atom. The molecule has 2 aliphatic rings. The van der Waals surface area contributed by atoms with Gasteiger partial charge in [-0.25, -0.2) is 9.78 Å². The molecule has 200 valence electrons. The standard InChI is InChI=1S/C15H25N5O9S.C5H5N/c1-15(2,3)19(14(24)25)7-6-11(21)16-17-12(22)10-5-4-9-8-18(10)13(23)20(9)29-30(26,27)28;1-2-4-6-5-3-1/h9-10H,4-8H2,1-3H3,(H,16,21)(H,17,22)(H,24,25)(H,26,27,28);1-5H/t9-,10+;/m1./s1. The number of carbonyl (C=O) groups is 4. The topological polar surface area (TPSA) is 203 Å². The van der Waals surface area contributed by atoms with Gasteiger partial charge in [-0.15, -0.1) is 4.28 Å². The van der Waals surface area contributed by atoms with E-state index in [-0.39, 0.29) is 32.4 Å². The van der Waals surface area contributed by atoms with E-state index in [0.717, 1.165) is 9.80 Å². The highest BCUT2D eigenvalue weighted by Gasteiger charge is 2.49. The number of H-pyrrole nitrogens is 1. The summed E-state index contributed by atoms with van der Waals surface area (Å²) in [5.74, 6) is -1.37. The molecule has 15 nitrogen and oxygen atoms in total. The number of urea groups is 1. The summed E-state index contributed by atoms with van der Waals surface area (Å²) in [5, 5.41) is 11.7. The zero-order valence-electron chi connectivity index (χ0n) is 20.0. The number of nitrogens with zero attached hydrogens (tertiary/aromatic N) is 3. The van der Waals surface area contributed by atoms with Crippen molar-refractivity contribution >= 4 is 34.3 Å². The number of amides is 5. The Morgan fingerprint density at radius 2 is 1.83 bits per heavy atom. The maximum Gasteiger partial charge on any atom is 0.418 e. The summed E-state index contributed by atoms with van der Waals surface area (Å²) in [6.45, 7) is 4.78. The first-order valence-electron chi connectivity index (χ1n) is 11.0. The number of piperidine rings is 1. The van der Waals surface area contributed by atoms with Gasteiger partial charge < -0.3 is 19.7 Å². The molecule has 16 heteroatoms. The van der Waals surface area contributed by atoms with Gasteiger partial charge >= 0.3 is 16.4 Å². The van der Waals surface area contributed by atoms with E-state index in [1.54, 1.807) is 20.8 Å². The van der Waals surface area contributed by atoms with E-state index in [1.807, 2.05) is 30.6 Å². The minimum absolute atomic E-state index is 0.00649. The number of carboxylic acid groups (broad SMARTS) is 1. The maximum absolute atomic E-state index is 12.4. The smallest absolute Gasteiger partial charge is 0.418 e. The zero-order valence-corrected chi connectivity index (χ0v) is 20.9. The molecule has 2 aliphatic heterocycles. The van der Waals surface area contributed by atoms with Crippen molar-refractivity contribution in [1.29, 1.82) is 0 Å². The third kappa shape index (κ3) is 8.31. The number of nitrogens with one attached hydrogen (secondary N) is 3. The van der Waals surface area contributed by atoms with Gasteiger partial charge in [0.1, 0.15) is 12.1 Å². The minimum Gasteiger partial charge on any atom is -0.530 e. The van der Waals surface area contributed by atoms with Crippen LogP contribution in [0.4, 0.5) is 9.59 Å². The van der Waals surface area contributed by atoms with Crippen LogP contribution in [0.1, 0.15) is 40.0 Å². The molecule has 4 N–H and O–H groups in total. The summed E-state index contributed by atoms with van der Waals surface area (Å²) < 4.78 is 34.8. The zero-order chi connectivity index (χ0) is 27.1. The van der Waals surface area contributed by atoms with Crippen molar-refractivity contribution in [2.24, 2.45) is 0 Å². The quantitative estimate of drug-likeness (QED) is 0.288. The molecule has 2 atom stereocenters. The molecule has 36 heavy (non-hydrogen) atoms. The molecule has 3 heterocycles. The van der Waals surface area contributed by atoms with Crippen LogP contribution in [0, 0.1) is 0 Å². The highest BCUT2D eigenvalue weighted by molar-refractivity contribution is 7.80. The predicted molar refractivity (Wildman–Crippen MR) is 119 cm³/mol. The number of carbonyl (C=O) groups excluding carboxylic acids is 4. The van der Waals surface area contributed by atoms with Crippen LogP contribution in [0.2, 0.25) is 0 Å². The average Bonchev–Trinajstić information content (AvgIpc) is 3.01. The fourth-order valence-electron chi connectivity index (χ4n) is 3.64. The predicted octanol–water partition coefficient (Wildman–Crippen LogP) is -1.53. The lowest BCUT2D eigenvalue weighted by Crippen LogP contribution is -2.55. The number of hydroxylamine groups is 2. The maximum atomic E-state index is 12.4. The van der Waals surface area contributed by atoms with Gasteiger partial charge in [-0.05, 0) is 33.6 Å². The number of aromatic amines is 1. The summed E-state index contributed by atoms with van der Waals surface area (Å²) in [7, 11) is -4.90. The van der Waals surface area contributed by atoms with Crippen molar-refractivity contribution in [3.05, 3.63) is 30.6 Å². The van der Waals surface area contributed by atoms with Gasteiger partial charge in [0.2, 0.25) is 5.91 Å². The van der Waals surface area contributed by atoms with Gasteiger partial charge in [0.05, 0.1) is 6.04 Å². The Morgan fingerprint density at radius 1 is 1.19 bits per heavy atom. The second-order valence-corrected chi connectivity index (χ2v) is 9.97. The van der Waals surface area contributed by atoms with Crippen LogP contribution in [0.3, 0.4) is 0 Å². The number of fused-ring (bicyclic) bond motifs is 2. The lowest BCUT2D eigenvalue weighted by Gasteiger charge is -2.37. The number of hydrazine groups is 1. The van der Waals surface area contributed by atoms with Gasteiger partial charge in [0.15, 0.2) is 12.4 Å². The van der Waals surface area contributed by atoms with Crippen LogP contribution < -0.4 is 20.9 Å². The van der Waals surface area contributed by atoms with Crippen molar-refractivity contribution in [2.45, 2.75) is 57.7 Å². The molecule has 5 amide bonds. The van der Waals surface area contributed by atoms with E-state index in [4.69, 9.17) is 4.55 Å². The SMILES string of the molecule is CC(C)(C)N(CCC(=O)NNC(=O)[C@@H]1CC[C@@H]2CN1C(=O)N2OS(=O)(=O)O)C(=O)[O-].c1cc[nH+]cc1. The van der Waals surface area contributed by atoms with E-state index >= 15 is 0 Å². The molecular formula is C20H30N6O9S. The molecule has 2 bridgehead atoms. The van der Waals surface area contributed by atoms with Gasteiger partial charge in [-0.3, -0.25) is 25.0 Å². The number of aromatic nitrogens is 1. The van der Waals surface area contributed by atoms with Crippen LogP contribution in [-0.4, -0.2) is 82.5 Å². The van der Waals surface area contributed by atoms with Crippen molar-refractivity contribution in [1.82, 2.24) is 25.7 Å². The Hall–Kier alpha value is -3.50. The number of hydrogen-bond donors (Lipinski definition) is 3. The summed E-state index contributed by atoms with van der Waals surface area (Å²) >= 11 is 0. The van der Waals surface area contributed by atoms with E-state index in [2.05, 4.69) is 20.1 Å². The molecule has 2 fully saturated rings. The van der Waals surface area contributed by atoms with Crippen LogP contribution >= 0.6 is 0 Å². The molecular weight excluding hydrogens is 500 g/mol. The lowest BCUT2D eigenvalue weighted by atomic mass is 10.0. The first kappa shape index (κ1) is 28.7. The van der Waals surface area contributed by atoms with Crippen LogP contribution in [0.25, 0.3) is 0 Å². The molecule has 1 aromatic rings. The number of pyridine rings is 1. The summed E-state index contributed by atoms with van der Waals surface area (Å²) in [6.07, 6.45) is 2.49. The van der Waals surface area contributed by atoms with Gasteiger partial charge in [-0.1, -0.05) is 6.07 Å². The largest absolute Gasteiger partial charge is 0.530 e. The second-order valence-electron chi connectivity index (χ2n) is 8.96. The molecule has 0 aromatic carbocycles.